The zero-order chi connectivity index (χ0) is 13.3. The van der Waals surface area contributed by atoms with Crippen molar-refractivity contribution in [1.82, 2.24) is 16.0 Å². The maximum absolute atomic E-state index is 4.19. The lowest BCUT2D eigenvalue weighted by Crippen LogP contribution is -2.44. The molecule has 0 saturated carbocycles. The number of hydrogen-bond donors (Lipinski definition) is 3. The Morgan fingerprint density at radius 1 is 1.06 bits per heavy atom. The zero-order valence-corrected chi connectivity index (χ0v) is 15.1. The van der Waals surface area contributed by atoms with Gasteiger partial charge >= 0.3 is 0 Å². The van der Waals surface area contributed by atoms with Crippen molar-refractivity contribution in [2.24, 2.45) is 10.9 Å². The van der Waals surface area contributed by atoms with Crippen molar-refractivity contribution in [2.75, 3.05) is 26.7 Å². The molecule has 0 aliphatic heterocycles. The molecule has 4 nitrogen and oxygen atoms in total. The van der Waals surface area contributed by atoms with Crippen LogP contribution >= 0.6 is 24.0 Å². The summed E-state index contributed by atoms with van der Waals surface area (Å²) in [5.74, 6) is 1.62. The molecular weight excluding hydrogens is 339 g/mol. The fourth-order valence-electron chi connectivity index (χ4n) is 1.32. The average Bonchev–Trinajstić information content (AvgIpc) is 2.19. The summed E-state index contributed by atoms with van der Waals surface area (Å²) in [6.45, 7) is 13.8. The normalized spacial score (nSPS) is 12.3. The van der Waals surface area contributed by atoms with E-state index in [4.69, 9.17) is 0 Å². The highest BCUT2D eigenvalue weighted by Gasteiger charge is 2.07. The van der Waals surface area contributed by atoms with Gasteiger partial charge in [-0.05, 0) is 33.1 Å². The number of rotatable bonds is 6. The van der Waals surface area contributed by atoms with Crippen LogP contribution in [0.3, 0.4) is 0 Å². The largest absolute Gasteiger partial charge is 0.356 e. The fraction of sp³-hybridized carbons (Fsp3) is 0.923. The smallest absolute Gasteiger partial charge is 0.191 e. The lowest BCUT2D eigenvalue weighted by molar-refractivity contribution is 0.428. The summed E-state index contributed by atoms with van der Waals surface area (Å²) in [5, 5.41) is 10.0. The van der Waals surface area contributed by atoms with Gasteiger partial charge in [0.2, 0.25) is 0 Å². The van der Waals surface area contributed by atoms with Gasteiger partial charge in [-0.15, -0.1) is 24.0 Å². The molecule has 0 spiro atoms. The summed E-state index contributed by atoms with van der Waals surface area (Å²) < 4.78 is 0. The summed E-state index contributed by atoms with van der Waals surface area (Å²) in [4.78, 5) is 4.19. The molecule has 0 amide bonds. The first-order valence-electron chi connectivity index (χ1n) is 6.54. The van der Waals surface area contributed by atoms with E-state index in [9.17, 15) is 0 Å². The second-order valence-corrected chi connectivity index (χ2v) is 5.79. The van der Waals surface area contributed by atoms with E-state index >= 15 is 0 Å². The van der Waals surface area contributed by atoms with Crippen LogP contribution in [-0.2, 0) is 0 Å². The van der Waals surface area contributed by atoms with Crippen LogP contribution < -0.4 is 16.0 Å². The average molecular weight is 370 g/mol. The maximum Gasteiger partial charge on any atom is 0.191 e. The van der Waals surface area contributed by atoms with Gasteiger partial charge in [-0.3, -0.25) is 4.99 Å². The number of guanidine groups is 1. The van der Waals surface area contributed by atoms with Crippen LogP contribution in [0.4, 0.5) is 0 Å². The first-order chi connectivity index (χ1) is 7.85. The Morgan fingerprint density at radius 3 is 2.06 bits per heavy atom. The molecule has 18 heavy (non-hydrogen) atoms. The topological polar surface area (TPSA) is 48.5 Å². The SMILES string of the molecule is CN=C(NCCNC(C)(C)C)NCCC(C)C.I. The van der Waals surface area contributed by atoms with Crippen LogP contribution in [0, 0.1) is 5.92 Å². The molecule has 0 unspecified atom stereocenters. The van der Waals surface area contributed by atoms with Crippen LogP contribution in [0.25, 0.3) is 0 Å². The summed E-state index contributed by atoms with van der Waals surface area (Å²) in [6.07, 6.45) is 1.17. The number of hydrogen-bond acceptors (Lipinski definition) is 2. The van der Waals surface area contributed by atoms with Gasteiger partial charge in [0.1, 0.15) is 0 Å². The van der Waals surface area contributed by atoms with Crippen molar-refractivity contribution < 1.29 is 0 Å². The first-order valence-corrected chi connectivity index (χ1v) is 6.54. The molecule has 110 valence electrons. The number of nitrogens with one attached hydrogen (secondary N) is 3. The summed E-state index contributed by atoms with van der Waals surface area (Å²) in [7, 11) is 1.81. The van der Waals surface area contributed by atoms with Crippen molar-refractivity contribution >= 4 is 29.9 Å². The highest BCUT2D eigenvalue weighted by molar-refractivity contribution is 14.0. The van der Waals surface area contributed by atoms with Gasteiger partial charge in [0.25, 0.3) is 0 Å². The molecule has 0 radical (unpaired) electrons. The molecule has 0 aromatic rings. The molecule has 0 saturated heterocycles. The second-order valence-electron chi connectivity index (χ2n) is 5.79. The Bertz CT molecular complexity index is 222. The van der Waals surface area contributed by atoms with E-state index in [1.807, 2.05) is 7.05 Å². The molecule has 0 heterocycles. The fourth-order valence-corrected chi connectivity index (χ4v) is 1.32. The number of halogens is 1. The van der Waals surface area contributed by atoms with Gasteiger partial charge in [0.05, 0.1) is 0 Å². The molecule has 0 aromatic carbocycles. The Hall–Kier alpha value is -0.0400. The Labute approximate surface area is 130 Å². The third-order valence-electron chi connectivity index (χ3n) is 2.31. The lowest BCUT2D eigenvalue weighted by Gasteiger charge is -2.21. The Kier molecular flexibility index (Phi) is 12.2. The van der Waals surface area contributed by atoms with Crippen molar-refractivity contribution in [1.29, 1.82) is 0 Å². The van der Waals surface area contributed by atoms with Crippen molar-refractivity contribution in [3.05, 3.63) is 0 Å². The van der Waals surface area contributed by atoms with E-state index in [0.717, 1.165) is 31.5 Å². The van der Waals surface area contributed by atoms with Crippen molar-refractivity contribution in [3.63, 3.8) is 0 Å². The minimum Gasteiger partial charge on any atom is -0.356 e. The van der Waals surface area contributed by atoms with Gasteiger partial charge in [-0.1, -0.05) is 13.8 Å². The minimum atomic E-state index is 0. The molecule has 0 aromatic heterocycles. The van der Waals surface area contributed by atoms with Crippen LogP contribution in [0.2, 0.25) is 0 Å². The van der Waals surface area contributed by atoms with Crippen LogP contribution in [0.1, 0.15) is 41.0 Å². The van der Waals surface area contributed by atoms with E-state index in [-0.39, 0.29) is 29.5 Å². The number of nitrogens with zero attached hydrogens (tertiary/aromatic N) is 1. The second kappa shape index (κ2) is 10.8. The molecule has 0 rings (SSSR count). The van der Waals surface area contributed by atoms with Gasteiger partial charge < -0.3 is 16.0 Å². The van der Waals surface area contributed by atoms with E-state index in [1.54, 1.807) is 0 Å². The predicted molar refractivity (Wildman–Crippen MR) is 92.0 cm³/mol. The molecule has 0 aliphatic carbocycles. The lowest BCUT2D eigenvalue weighted by atomic mass is 10.1. The molecule has 5 heteroatoms. The Balaban J connectivity index is 0. The summed E-state index contributed by atoms with van der Waals surface area (Å²) in [6, 6.07) is 0. The van der Waals surface area contributed by atoms with E-state index < -0.39 is 0 Å². The molecule has 3 N–H and O–H groups in total. The highest BCUT2D eigenvalue weighted by atomic mass is 127. The number of aliphatic imine (C=N–C) groups is 1. The van der Waals surface area contributed by atoms with Crippen LogP contribution in [-0.4, -0.2) is 38.2 Å². The van der Waals surface area contributed by atoms with Crippen molar-refractivity contribution in [3.8, 4) is 0 Å². The molecule has 0 bridgehead atoms. The van der Waals surface area contributed by atoms with Gasteiger partial charge in [-0.2, -0.15) is 0 Å². The van der Waals surface area contributed by atoms with Gasteiger partial charge in [0.15, 0.2) is 5.96 Å². The quantitative estimate of drug-likeness (QED) is 0.291. The van der Waals surface area contributed by atoms with Gasteiger partial charge in [0, 0.05) is 32.2 Å². The van der Waals surface area contributed by atoms with Crippen LogP contribution in [0.5, 0.6) is 0 Å². The first kappa shape index (κ1) is 20.3. The predicted octanol–water partition coefficient (Wildman–Crippen LogP) is 2.20. The molecule has 0 fully saturated rings. The van der Waals surface area contributed by atoms with E-state index in [1.165, 1.54) is 6.42 Å². The van der Waals surface area contributed by atoms with Gasteiger partial charge in [-0.25, -0.2) is 0 Å². The van der Waals surface area contributed by atoms with Crippen molar-refractivity contribution in [2.45, 2.75) is 46.6 Å². The third kappa shape index (κ3) is 14.0. The molecular formula is C13H31IN4. The minimum absolute atomic E-state index is 0. The van der Waals surface area contributed by atoms with Crippen LogP contribution in [0.15, 0.2) is 4.99 Å². The monoisotopic (exact) mass is 370 g/mol. The summed E-state index contributed by atoms with van der Waals surface area (Å²) >= 11 is 0. The zero-order valence-electron chi connectivity index (χ0n) is 12.8. The highest BCUT2D eigenvalue weighted by Crippen LogP contribution is 1.97. The maximum atomic E-state index is 4.19. The summed E-state index contributed by atoms with van der Waals surface area (Å²) in [5.41, 5.74) is 0.177. The molecule has 0 aliphatic rings. The van der Waals surface area contributed by atoms with E-state index in [2.05, 4.69) is 55.6 Å². The van der Waals surface area contributed by atoms with E-state index in [0.29, 0.717) is 0 Å². The standard InChI is InChI=1S/C13H30N4.HI/c1-11(2)7-8-15-12(14-6)16-9-10-17-13(3,4)5;/h11,17H,7-10H2,1-6H3,(H2,14,15,16);1H. The Morgan fingerprint density at radius 2 is 1.61 bits per heavy atom. The third-order valence-corrected chi connectivity index (χ3v) is 2.31. The molecule has 0 atom stereocenters.